The van der Waals surface area contributed by atoms with Crippen LogP contribution in [0.2, 0.25) is 0 Å². The number of benzene rings is 1. The zero-order valence-corrected chi connectivity index (χ0v) is 17.5. The number of aromatic nitrogens is 3. The Morgan fingerprint density at radius 3 is 2.65 bits per heavy atom. The molecule has 0 fully saturated rings. The summed E-state index contributed by atoms with van der Waals surface area (Å²) < 4.78 is 11.8. The Labute approximate surface area is 178 Å². The van der Waals surface area contributed by atoms with Gasteiger partial charge in [-0.3, -0.25) is 9.48 Å². The Morgan fingerprint density at radius 1 is 1.19 bits per heavy atom. The molecule has 0 bridgehead atoms. The number of methoxy groups -OCH3 is 1. The molecule has 158 valence electrons. The number of hydrogen-bond donors (Lipinski definition) is 1. The average Bonchev–Trinajstić information content (AvgIpc) is 3.41. The standard InChI is InChI=1S/C23H22N4O4/c1-14-20-17(13-18(19-5-4-12-31-19)25-21(20)27(2)26-14)22(28)24-11-10-15-6-8-16(9-7-15)23(29)30-3/h4-9,12-13H,10-11H2,1-3H3,(H,24,28). The Bertz CT molecular complexity index is 1240. The highest BCUT2D eigenvalue weighted by atomic mass is 16.5. The van der Waals surface area contributed by atoms with E-state index in [9.17, 15) is 9.59 Å². The minimum Gasteiger partial charge on any atom is -0.465 e. The van der Waals surface area contributed by atoms with Gasteiger partial charge in [-0.05, 0) is 49.2 Å². The van der Waals surface area contributed by atoms with Gasteiger partial charge in [0.2, 0.25) is 0 Å². The van der Waals surface area contributed by atoms with Gasteiger partial charge < -0.3 is 14.5 Å². The second kappa shape index (κ2) is 8.43. The summed E-state index contributed by atoms with van der Waals surface area (Å²) in [4.78, 5) is 29.2. The molecule has 0 aliphatic rings. The second-order valence-electron chi connectivity index (χ2n) is 7.13. The van der Waals surface area contributed by atoms with Crippen molar-refractivity contribution < 1.29 is 18.7 Å². The first-order valence-corrected chi connectivity index (χ1v) is 9.81. The molecule has 0 spiro atoms. The second-order valence-corrected chi connectivity index (χ2v) is 7.13. The Morgan fingerprint density at radius 2 is 1.97 bits per heavy atom. The Hall–Kier alpha value is -3.94. The van der Waals surface area contributed by atoms with Crippen molar-refractivity contribution in [1.29, 1.82) is 0 Å². The Balaban J connectivity index is 1.54. The van der Waals surface area contributed by atoms with Crippen LogP contribution in [0.15, 0.2) is 53.1 Å². The number of fused-ring (bicyclic) bond motifs is 1. The molecule has 1 amide bonds. The summed E-state index contributed by atoms with van der Waals surface area (Å²) in [5.41, 5.74) is 3.93. The molecule has 0 aliphatic heterocycles. The van der Waals surface area contributed by atoms with Gasteiger partial charge in [0.05, 0.1) is 35.6 Å². The van der Waals surface area contributed by atoms with E-state index in [4.69, 9.17) is 9.15 Å². The van der Waals surface area contributed by atoms with Crippen LogP contribution in [0.4, 0.5) is 0 Å². The van der Waals surface area contributed by atoms with E-state index in [1.165, 1.54) is 7.11 Å². The quantitative estimate of drug-likeness (QED) is 0.483. The molecule has 8 nitrogen and oxygen atoms in total. The molecule has 8 heteroatoms. The largest absolute Gasteiger partial charge is 0.465 e. The lowest BCUT2D eigenvalue weighted by atomic mass is 10.1. The number of pyridine rings is 1. The van der Waals surface area contributed by atoms with E-state index in [1.54, 1.807) is 48.3 Å². The number of amides is 1. The van der Waals surface area contributed by atoms with Gasteiger partial charge in [0.1, 0.15) is 5.69 Å². The molecular weight excluding hydrogens is 396 g/mol. The zero-order valence-electron chi connectivity index (χ0n) is 17.5. The van der Waals surface area contributed by atoms with Crippen LogP contribution in [-0.2, 0) is 18.2 Å². The molecule has 0 saturated heterocycles. The summed E-state index contributed by atoms with van der Waals surface area (Å²) in [6.45, 7) is 2.30. The number of aryl methyl sites for hydroxylation is 2. The molecule has 3 heterocycles. The molecule has 3 aromatic heterocycles. The number of carbonyl (C=O) groups is 2. The molecule has 1 aromatic carbocycles. The SMILES string of the molecule is COC(=O)c1ccc(CCNC(=O)c2cc(-c3ccco3)nc3c2c(C)nn3C)cc1. The van der Waals surface area contributed by atoms with Gasteiger partial charge in [0.25, 0.3) is 5.91 Å². The van der Waals surface area contributed by atoms with Crippen LogP contribution in [0.1, 0.15) is 32.0 Å². The van der Waals surface area contributed by atoms with Gasteiger partial charge >= 0.3 is 5.97 Å². The van der Waals surface area contributed by atoms with Crippen molar-refractivity contribution >= 4 is 22.9 Å². The van der Waals surface area contributed by atoms with E-state index in [1.807, 2.05) is 19.1 Å². The predicted octanol–water partition coefficient (Wildman–Crippen LogP) is 3.30. The van der Waals surface area contributed by atoms with Crippen molar-refractivity contribution in [3.8, 4) is 11.5 Å². The molecule has 0 aliphatic carbocycles. The first-order chi connectivity index (χ1) is 15.0. The van der Waals surface area contributed by atoms with Gasteiger partial charge in [-0.2, -0.15) is 5.10 Å². The fourth-order valence-electron chi connectivity index (χ4n) is 3.52. The first kappa shape index (κ1) is 20.3. The maximum absolute atomic E-state index is 13.0. The van der Waals surface area contributed by atoms with Gasteiger partial charge in [-0.1, -0.05) is 12.1 Å². The number of ether oxygens (including phenoxy) is 1. The molecule has 0 saturated carbocycles. The van der Waals surface area contributed by atoms with Crippen LogP contribution >= 0.6 is 0 Å². The van der Waals surface area contributed by atoms with Crippen molar-refractivity contribution in [3.05, 3.63) is 71.1 Å². The third-order valence-corrected chi connectivity index (χ3v) is 5.06. The molecule has 0 atom stereocenters. The van der Waals surface area contributed by atoms with Crippen LogP contribution in [0.5, 0.6) is 0 Å². The summed E-state index contributed by atoms with van der Waals surface area (Å²) in [7, 11) is 3.15. The highest BCUT2D eigenvalue weighted by molar-refractivity contribution is 6.07. The highest BCUT2D eigenvalue weighted by Crippen LogP contribution is 2.27. The lowest BCUT2D eigenvalue weighted by Gasteiger charge is -2.09. The molecular formula is C23H22N4O4. The van der Waals surface area contributed by atoms with Crippen LogP contribution in [0.3, 0.4) is 0 Å². The molecule has 4 rings (SSSR count). The summed E-state index contributed by atoms with van der Waals surface area (Å²) >= 11 is 0. The van der Waals surface area contributed by atoms with E-state index in [-0.39, 0.29) is 11.9 Å². The summed E-state index contributed by atoms with van der Waals surface area (Å²) in [5.74, 6) is 0.00347. The number of rotatable bonds is 6. The predicted molar refractivity (Wildman–Crippen MR) is 115 cm³/mol. The zero-order chi connectivity index (χ0) is 22.0. The van der Waals surface area contributed by atoms with Crippen molar-refractivity contribution in [1.82, 2.24) is 20.1 Å². The van der Waals surface area contributed by atoms with E-state index >= 15 is 0 Å². The van der Waals surface area contributed by atoms with Gasteiger partial charge in [-0.25, -0.2) is 9.78 Å². The van der Waals surface area contributed by atoms with Crippen LogP contribution in [0, 0.1) is 6.92 Å². The van der Waals surface area contributed by atoms with Crippen LogP contribution in [0.25, 0.3) is 22.5 Å². The molecule has 1 N–H and O–H groups in total. The van der Waals surface area contributed by atoms with E-state index in [0.717, 1.165) is 16.6 Å². The van der Waals surface area contributed by atoms with E-state index < -0.39 is 0 Å². The lowest BCUT2D eigenvalue weighted by molar-refractivity contribution is 0.0600. The third kappa shape index (κ3) is 4.05. The summed E-state index contributed by atoms with van der Waals surface area (Å²) in [5, 5.41) is 8.11. The number of nitrogens with one attached hydrogen (secondary N) is 1. The number of carbonyl (C=O) groups excluding carboxylic acids is 2. The van der Waals surface area contributed by atoms with E-state index in [2.05, 4.69) is 15.4 Å². The normalized spacial score (nSPS) is 10.9. The topological polar surface area (TPSA) is 99.2 Å². The number of furan rings is 1. The van der Waals surface area contributed by atoms with Crippen molar-refractivity contribution in [3.63, 3.8) is 0 Å². The first-order valence-electron chi connectivity index (χ1n) is 9.81. The fourth-order valence-corrected chi connectivity index (χ4v) is 3.52. The van der Waals surface area contributed by atoms with E-state index in [0.29, 0.717) is 41.2 Å². The van der Waals surface area contributed by atoms with Gasteiger partial charge in [0.15, 0.2) is 11.4 Å². The third-order valence-electron chi connectivity index (χ3n) is 5.06. The smallest absolute Gasteiger partial charge is 0.337 e. The highest BCUT2D eigenvalue weighted by Gasteiger charge is 2.20. The number of hydrogen-bond acceptors (Lipinski definition) is 6. The maximum Gasteiger partial charge on any atom is 0.337 e. The Kier molecular flexibility index (Phi) is 5.53. The molecule has 0 radical (unpaired) electrons. The molecule has 4 aromatic rings. The average molecular weight is 418 g/mol. The minimum absolute atomic E-state index is 0.206. The maximum atomic E-state index is 13.0. The summed E-state index contributed by atoms with van der Waals surface area (Å²) in [6.07, 6.45) is 2.19. The van der Waals surface area contributed by atoms with Crippen molar-refractivity contribution in [2.45, 2.75) is 13.3 Å². The van der Waals surface area contributed by atoms with Crippen molar-refractivity contribution in [2.75, 3.05) is 13.7 Å². The number of nitrogens with zero attached hydrogens (tertiary/aromatic N) is 3. The fraction of sp³-hybridized carbons (Fsp3) is 0.217. The molecule has 31 heavy (non-hydrogen) atoms. The van der Waals surface area contributed by atoms with Crippen LogP contribution in [-0.4, -0.2) is 40.3 Å². The van der Waals surface area contributed by atoms with Gasteiger partial charge in [0, 0.05) is 13.6 Å². The lowest BCUT2D eigenvalue weighted by Crippen LogP contribution is -2.26. The van der Waals surface area contributed by atoms with Crippen molar-refractivity contribution in [2.24, 2.45) is 7.05 Å². The van der Waals surface area contributed by atoms with Gasteiger partial charge in [-0.15, -0.1) is 0 Å². The molecule has 0 unspecified atom stereocenters. The monoisotopic (exact) mass is 418 g/mol. The minimum atomic E-state index is -0.374. The van der Waals surface area contributed by atoms with Crippen LogP contribution < -0.4 is 5.32 Å². The summed E-state index contributed by atoms with van der Waals surface area (Å²) in [6, 6.07) is 12.4. The number of esters is 1.